The lowest BCUT2D eigenvalue weighted by atomic mass is 9.86. The summed E-state index contributed by atoms with van der Waals surface area (Å²) in [5.41, 5.74) is 2.75. The van der Waals surface area contributed by atoms with Gasteiger partial charge >= 0.3 is 0 Å². The summed E-state index contributed by atoms with van der Waals surface area (Å²) in [6.07, 6.45) is 1.87. The van der Waals surface area contributed by atoms with Crippen molar-refractivity contribution in [3.8, 4) is 23.4 Å². The molecule has 39 heavy (non-hydrogen) atoms. The molecule has 3 atom stereocenters. The number of benzene rings is 2. The van der Waals surface area contributed by atoms with Crippen LogP contribution >= 0.6 is 23.2 Å². The minimum atomic E-state index is -0.282. The number of pyridine rings is 1. The number of hydrogen-bond acceptors (Lipinski definition) is 7. The predicted molar refractivity (Wildman–Crippen MR) is 147 cm³/mol. The van der Waals surface area contributed by atoms with Crippen LogP contribution in [0.1, 0.15) is 47.1 Å². The summed E-state index contributed by atoms with van der Waals surface area (Å²) in [5, 5.41) is 13.9. The molecule has 1 fully saturated rings. The zero-order valence-electron chi connectivity index (χ0n) is 21.3. The zero-order valence-corrected chi connectivity index (χ0v) is 22.9. The van der Waals surface area contributed by atoms with Crippen LogP contribution in [0.4, 0.5) is 0 Å². The second-order valence-corrected chi connectivity index (χ2v) is 10.2. The molecular formula is C29H25Cl2N5O3. The number of aryl methyl sites for hydroxylation is 1. The molecule has 2 aromatic carbocycles. The average Bonchev–Trinajstić information content (AvgIpc) is 3.63. The Hall–Kier alpha value is -3.93. The number of halogens is 2. The van der Waals surface area contributed by atoms with Crippen LogP contribution in [0.3, 0.4) is 0 Å². The Kier molecular flexibility index (Phi) is 7.82. The third kappa shape index (κ3) is 5.75. The molecule has 8 nitrogen and oxygen atoms in total. The summed E-state index contributed by atoms with van der Waals surface area (Å²) in [6, 6.07) is 18.1. The Bertz CT molecular complexity index is 1520. The van der Waals surface area contributed by atoms with Crippen molar-refractivity contribution in [2.24, 2.45) is 5.92 Å². The lowest BCUT2D eigenvalue weighted by Gasteiger charge is -2.25. The summed E-state index contributed by atoms with van der Waals surface area (Å²) in [7, 11) is 0. The number of aromatic nitrogens is 3. The first-order valence-electron chi connectivity index (χ1n) is 12.6. The Morgan fingerprint density at radius 3 is 2.59 bits per heavy atom. The summed E-state index contributed by atoms with van der Waals surface area (Å²) in [4.78, 5) is 24.0. The largest absolute Gasteiger partial charge is 0.474 e. The van der Waals surface area contributed by atoms with Gasteiger partial charge in [-0.25, -0.2) is 4.98 Å². The Morgan fingerprint density at radius 2 is 1.95 bits per heavy atom. The van der Waals surface area contributed by atoms with E-state index in [1.54, 1.807) is 30.3 Å². The summed E-state index contributed by atoms with van der Waals surface area (Å²) >= 11 is 12.5. The normalized spacial score (nSPS) is 17.6. The number of likely N-dealkylation sites (tertiary alicyclic amines) is 1. The highest BCUT2D eigenvalue weighted by Crippen LogP contribution is 2.39. The Labute approximate surface area is 236 Å². The van der Waals surface area contributed by atoms with Gasteiger partial charge in [0.15, 0.2) is 5.82 Å². The van der Waals surface area contributed by atoms with E-state index < -0.39 is 0 Å². The van der Waals surface area contributed by atoms with Crippen LogP contribution in [0.15, 0.2) is 65.3 Å². The number of rotatable bonds is 7. The minimum Gasteiger partial charge on any atom is -0.474 e. The summed E-state index contributed by atoms with van der Waals surface area (Å²) < 4.78 is 11.5. The lowest BCUT2D eigenvalue weighted by molar-refractivity contribution is 0.0769. The molecule has 0 unspecified atom stereocenters. The quantitative estimate of drug-likeness (QED) is 0.264. The van der Waals surface area contributed by atoms with Crippen molar-refractivity contribution in [2.45, 2.75) is 32.3 Å². The van der Waals surface area contributed by atoms with Gasteiger partial charge in [-0.05, 0) is 55.0 Å². The lowest BCUT2D eigenvalue weighted by Crippen LogP contribution is -2.32. The van der Waals surface area contributed by atoms with E-state index in [9.17, 15) is 4.79 Å². The number of nitriles is 1. The van der Waals surface area contributed by atoms with Crippen molar-refractivity contribution in [3.63, 3.8) is 0 Å². The van der Waals surface area contributed by atoms with Gasteiger partial charge in [-0.1, -0.05) is 41.3 Å². The maximum Gasteiger partial charge on any atom is 0.257 e. The van der Waals surface area contributed by atoms with Gasteiger partial charge in [0, 0.05) is 54.7 Å². The van der Waals surface area contributed by atoms with Crippen molar-refractivity contribution >= 4 is 29.1 Å². The molecule has 1 aliphatic rings. The van der Waals surface area contributed by atoms with E-state index in [1.165, 1.54) is 6.20 Å². The van der Waals surface area contributed by atoms with Crippen molar-refractivity contribution in [3.05, 3.63) is 93.4 Å². The number of amides is 1. The van der Waals surface area contributed by atoms with Crippen LogP contribution in [0.2, 0.25) is 10.0 Å². The van der Waals surface area contributed by atoms with Gasteiger partial charge in [0.05, 0.1) is 15.6 Å². The number of hydrogen-bond donors (Lipinski definition) is 0. The Morgan fingerprint density at radius 1 is 1.15 bits per heavy atom. The maximum atomic E-state index is 13.6. The van der Waals surface area contributed by atoms with Gasteiger partial charge in [0.1, 0.15) is 12.2 Å². The molecule has 0 N–H and O–H groups in total. The fourth-order valence-corrected chi connectivity index (χ4v) is 5.12. The fraction of sp³-hybridized carbons (Fsp3) is 0.276. The molecule has 2 aromatic heterocycles. The molecule has 198 valence electrons. The molecule has 1 saturated heterocycles. The second-order valence-electron chi connectivity index (χ2n) is 9.42. The first-order valence-corrected chi connectivity index (χ1v) is 13.3. The smallest absolute Gasteiger partial charge is 0.257 e. The first kappa shape index (κ1) is 26.7. The van der Waals surface area contributed by atoms with Gasteiger partial charge in [0.25, 0.3) is 11.8 Å². The van der Waals surface area contributed by atoms with Crippen LogP contribution in [0.5, 0.6) is 5.88 Å². The summed E-state index contributed by atoms with van der Waals surface area (Å²) in [5.74, 6) is 1.30. The molecule has 0 bridgehead atoms. The molecule has 5 rings (SSSR count). The minimum absolute atomic E-state index is 0.0396. The Balaban J connectivity index is 1.37. The van der Waals surface area contributed by atoms with Gasteiger partial charge < -0.3 is 14.2 Å². The highest BCUT2D eigenvalue weighted by atomic mass is 35.5. The van der Waals surface area contributed by atoms with Gasteiger partial charge in [-0.2, -0.15) is 10.2 Å². The monoisotopic (exact) mass is 561 g/mol. The predicted octanol–water partition coefficient (Wildman–Crippen LogP) is 6.20. The van der Waals surface area contributed by atoms with Crippen LogP contribution in [0.25, 0.3) is 11.5 Å². The standard InChI is InChI=1S/C29H25Cl2N5O3/c1-3-26-34-28(39-35-26)19-5-7-20(8-6-19)29(37)36-15-22(17(2)38-27-11-4-18(13-32)14-33-27)23(16-36)21-9-10-24(30)25(31)12-21/h4-12,14,17,22-23H,3,15-16H2,1-2H3/t17-,22+,23+/m0/s1. The third-order valence-electron chi connectivity index (χ3n) is 6.96. The molecule has 10 heteroatoms. The van der Waals surface area contributed by atoms with Gasteiger partial charge in [-0.15, -0.1) is 0 Å². The fourth-order valence-electron chi connectivity index (χ4n) is 4.81. The molecule has 0 saturated carbocycles. The molecule has 0 aliphatic carbocycles. The number of carbonyl (C=O) groups is 1. The van der Waals surface area contributed by atoms with E-state index in [2.05, 4.69) is 21.2 Å². The molecule has 0 spiro atoms. The highest BCUT2D eigenvalue weighted by molar-refractivity contribution is 6.42. The zero-order chi connectivity index (χ0) is 27.5. The SMILES string of the molecule is CCc1noc(-c2ccc(C(=O)N3C[C@H]([C@H](C)Oc4ccc(C#N)cn4)[C@@H](c4ccc(Cl)c(Cl)c4)C3)cc2)n1. The number of carbonyl (C=O) groups excluding carboxylic acids is 1. The van der Waals surface area contributed by atoms with E-state index in [0.29, 0.717) is 58.3 Å². The van der Waals surface area contributed by atoms with E-state index in [-0.39, 0.29) is 23.8 Å². The van der Waals surface area contributed by atoms with Gasteiger partial charge in [0.2, 0.25) is 5.88 Å². The van der Waals surface area contributed by atoms with E-state index in [4.69, 9.17) is 37.7 Å². The van der Waals surface area contributed by atoms with E-state index in [0.717, 1.165) is 11.1 Å². The maximum absolute atomic E-state index is 13.6. The van der Waals surface area contributed by atoms with Crippen molar-refractivity contribution in [1.29, 1.82) is 5.26 Å². The third-order valence-corrected chi connectivity index (χ3v) is 7.70. The average molecular weight is 562 g/mol. The number of ether oxygens (including phenoxy) is 1. The van der Waals surface area contributed by atoms with Crippen LogP contribution < -0.4 is 4.74 Å². The topological polar surface area (TPSA) is 105 Å². The van der Waals surface area contributed by atoms with Crippen LogP contribution in [-0.4, -0.2) is 45.1 Å². The summed E-state index contributed by atoms with van der Waals surface area (Å²) in [6.45, 7) is 4.89. The highest BCUT2D eigenvalue weighted by Gasteiger charge is 2.40. The van der Waals surface area contributed by atoms with Crippen molar-refractivity contribution < 1.29 is 14.1 Å². The van der Waals surface area contributed by atoms with E-state index >= 15 is 0 Å². The first-order chi connectivity index (χ1) is 18.9. The van der Waals surface area contributed by atoms with Crippen molar-refractivity contribution in [1.82, 2.24) is 20.0 Å². The van der Waals surface area contributed by atoms with Gasteiger partial charge in [-0.3, -0.25) is 4.79 Å². The van der Waals surface area contributed by atoms with Crippen molar-refractivity contribution in [2.75, 3.05) is 13.1 Å². The molecular weight excluding hydrogens is 537 g/mol. The second kappa shape index (κ2) is 11.4. The molecule has 0 radical (unpaired) electrons. The molecule has 3 heterocycles. The molecule has 4 aromatic rings. The van der Waals surface area contributed by atoms with E-state index in [1.807, 2.05) is 43.0 Å². The molecule has 1 amide bonds. The van der Waals surface area contributed by atoms with Crippen LogP contribution in [0, 0.1) is 17.2 Å². The van der Waals surface area contributed by atoms with Crippen LogP contribution in [-0.2, 0) is 6.42 Å². The molecule has 1 aliphatic heterocycles. The number of nitrogens with zero attached hydrogens (tertiary/aromatic N) is 5.